The number of aromatic nitrogens is 2. The minimum atomic E-state index is -0.680. The molecule has 0 saturated heterocycles. The Bertz CT molecular complexity index is 1270. The molecule has 0 aliphatic rings. The Labute approximate surface area is 168 Å². The smallest absolute Gasteiger partial charge is 0.257 e. The fraction of sp³-hybridized carbons (Fsp3) is 0.217. The number of imidazole rings is 1. The number of aryl methyl sites for hydroxylation is 1. The summed E-state index contributed by atoms with van der Waals surface area (Å²) in [4.78, 5) is 12.7. The Balaban J connectivity index is 1.69. The molecule has 146 valence electrons. The van der Waals surface area contributed by atoms with Gasteiger partial charge in [0.05, 0.1) is 29.2 Å². The highest BCUT2D eigenvalue weighted by atomic mass is 16.3. The van der Waals surface area contributed by atoms with Gasteiger partial charge in [0.1, 0.15) is 11.7 Å². The van der Waals surface area contributed by atoms with Gasteiger partial charge in [-0.15, -0.1) is 0 Å². The zero-order valence-electron chi connectivity index (χ0n) is 16.2. The zero-order chi connectivity index (χ0) is 20.4. The first-order valence-corrected chi connectivity index (χ1v) is 9.56. The van der Waals surface area contributed by atoms with E-state index in [9.17, 15) is 15.2 Å². The van der Waals surface area contributed by atoms with Crippen molar-refractivity contribution in [3.8, 4) is 6.07 Å². The highest BCUT2D eigenvalue weighted by Crippen LogP contribution is 2.23. The van der Waals surface area contributed by atoms with Crippen LogP contribution in [0.25, 0.3) is 16.7 Å². The van der Waals surface area contributed by atoms with Crippen molar-refractivity contribution in [2.24, 2.45) is 0 Å². The van der Waals surface area contributed by atoms with Crippen LogP contribution in [0.2, 0.25) is 0 Å². The van der Waals surface area contributed by atoms with Crippen LogP contribution in [0.15, 0.2) is 65.5 Å². The van der Waals surface area contributed by atoms with Gasteiger partial charge in [-0.05, 0) is 30.2 Å². The summed E-state index contributed by atoms with van der Waals surface area (Å²) in [7, 11) is 0. The van der Waals surface area contributed by atoms with E-state index in [2.05, 4.69) is 11.4 Å². The molecule has 0 saturated carbocycles. The topological polar surface area (TPSA) is 82.5 Å². The van der Waals surface area contributed by atoms with Crippen LogP contribution >= 0.6 is 0 Å². The summed E-state index contributed by atoms with van der Waals surface area (Å²) in [6.07, 6.45) is -0.680. The SMILES string of the molecule is Cc1cc(=O)n2c3ccccc3n(C[C@@H](O)CNCc3ccccc3)c2c1C#N. The minimum absolute atomic E-state index is 0.178. The molecule has 29 heavy (non-hydrogen) atoms. The largest absolute Gasteiger partial charge is 0.390 e. The van der Waals surface area contributed by atoms with Gasteiger partial charge in [-0.3, -0.25) is 9.20 Å². The van der Waals surface area contributed by atoms with Gasteiger partial charge in [0, 0.05) is 19.2 Å². The molecule has 4 aromatic rings. The molecule has 4 rings (SSSR count). The van der Waals surface area contributed by atoms with Crippen LogP contribution < -0.4 is 10.9 Å². The summed E-state index contributed by atoms with van der Waals surface area (Å²) in [5.74, 6) is 0. The highest BCUT2D eigenvalue weighted by Gasteiger charge is 2.19. The first kappa shape index (κ1) is 18.9. The van der Waals surface area contributed by atoms with Gasteiger partial charge in [0.25, 0.3) is 5.56 Å². The van der Waals surface area contributed by atoms with Gasteiger partial charge in [0.15, 0.2) is 0 Å². The molecule has 0 radical (unpaired) electrons. The number of fused-ring (bicyclic) bond motifs is 3. The summed E-state index contributed by atoms with van der Waals surface area (Å²) in [5.41, 5.74) is 4.13. The van der Waals surface area contributed by atoms with E-state index in [1.54, 1.807) is 11.3 Å². The molecular weight excluding hydrogens is 364 g/mol. The van der Waals surface area contributed by atoms with Gasteiger partial charge in [0.2, 0.25) is 0 Å². The van der Waals surface area contributed by atoms with E-state index in [-0.39, 0.29) is 12.1 Å². The average Bonchev–Trinajstić information content (AvgIpc) is 3.04. The standard InChI is InChI=1S/C23H22N4O2/c1-16-11-22(29)27-21-10-6-5-9-20(21)26(23(27)19(16)12-24)15-18(28)14-25-13-17-7-3-2-4-8-17/h2-11,18,25,28H,13-15H2,1H3/t18-/m0/s1. The van der Waals surface area contributed by atoms with Crippen molar-refractivity contribution in [2.45, 2.75) is 26.1 Å². The van der Waals surface area contributed by atoms with E-state index in [1.807, 2.05) is 59.2 Å². The van der Waals surface area contributed by atoms with Gasteiger partial charge in [-0.25, -0.2) is 0 Å². The fourth-order valence-corrected chi connectivity index (χ4v) is 3.78. The number of benzene rings is 2. The maximum absolute atomic E-state index is 12.7. The van der Waals surface area contributed by atoms with E-state index < -0.39 is 6.10 Å². The first-order chi connectivity index (χ1) is 14.1. The number of rotatable bonds is 6. The van der Waals surface area contributed by atoms with E-state index in [4.69, 9.17) is 0 Å². The molecule has 0 fully saturated rings. The molecule has 2 aromatic heterocycles. The van der Waals surface area contributed by atoms with E-state index >= 15 is 0 Å². The Morgan fingerprint density at radius 1 is 1.10 bits per heavy atom. The molecule has 0 bridgehead atoms. The summed E-state index contributed by atoms with van der Waals surface area (Å²) in [5, 5.41) is 23.6. The normalized spacial score (nSPS) is 12.3. The Hall–Kier alpha value is -3.40. The summed E-state index contributed by atoms with van der Waals surface area (Å²) in [6.45, 7) is 3.09. The maximum atomic E-state index is 12.7. The number of aliphatic hydroxyl groups excluding tert-OH is 1. The van der Waals surface area contributed by atoms with Crippen LogP contribution in [-0.2, 0) is 13.1 Å². The second-order valence-corrected chi connectivity index (χ2v) is 7.18. The highest BCUT2D eigenvalue weighted by molar-refractivity contribution is 5.84. The zero-order valence-corrected chi connectivity index (χ0v) is 16.2. The van der Waals surface area contributed by atoms with Crippen molar-refractivity contribution in [3.05, 3.63) is 87.7 Å². The van der Waals surface area contributed by atoms with Crippen molar-refractivity contribution >= 4 is 16.7 Å². The molecule has 0 spiro atoms. The molecule has 2 heterocycles. The number of nitrogens with one attached hydrogen (secondary N) is 1. The number of pyridine rings is 1. The first-order valence-electron chi connectivity index (χ1n) is 9.56. The monoisotopic (exact) mass is 386 g/mol. The molecule has 1 atom stereocenters. The van der Waals surface area contributed by atoms with Crippen molar-refractivity contribution in [1.29, 1.82) is 5.26 Å². The van der Waals surface area contributed by atoms with Crippen LogP contribution in [0.5, 0.6) is 0 Å². The fourth-order valence-electron chi connectivity index (χ4n) is 3.78. The van der Waals surface area contributed by atoms with Gasteiger partial charge < -0.3 is 15.0 Å². The number of nitrogens with zero attached hydrogens (tertiary/aromatic N) is 3. The van der Waals surface area contributed by atoms with Crippen molar-refractivity contribution in [1.82, 2.24) is 14.3 Å². The third-order valence-corrected chi connectivity index (χ3v) is 5.12. The second-order valence-electron chi connectivity index (χ2n) is 7.18. The van der Waals surface area contributed by atoms with E-state index in [0.29, 0.717) is 29.9 Å². The van der Waals surface area contributed by atoms with Crippen LogP contribution in [0.1, 0.15) is 16.7 Å². The summed E-state index contributed by atoms with van der Waals surface area (Å²) >= 11 is 0. The number of aliphatic hydroxyl groups is 1. The number of nitriles is 1. The molecule has 0 aliphatic carbocycles. The van der Waals surface area contributed by atoms with Crippen molar-refractivity contribution < 1.29 is 5.11 Å². The third-order valence-electron chi connectivity index (χ3n) is 5.12. The van der Waals surface area contributed by atoms with Crippen LogP contribution in [0, 0.1) is 18.3 Å². The van der Waals surface area contributed by atoms with Crippen molar-refractivity contribution in [3.63, 3.8) is 0 Å². The predicted octanol–water partition coefficient (Wildman–Crippen LogP) is 2.59. The number of hydrogen-bond acceptors (Lipinski definition) is 4. The van der Waals surface area contributed by atoms with Gasteiger partial charge >= 0.3 is 0 Å². The lowest BCUT2D eigenvalue weighted by Crippen LogP contribution is -2.30. The maximum Gasteiger partial charge on any atom is 0.257 e. The number of hydrogen-bond donors (Lipinski definition) is 2. The van der Waals surface area contributed by atoms with Gasteiger partial charge in [-0.1, -0.05) is 42.5 Å². The molecule has 0 amide bonds. The molecule has 0 unspecified atom stereocenters. The molecule has 2 N–H and O–H groups in total. The van der Waals surface area contributed by atoms with Crippen LogP contribution in [0.3, 0.4) is 0 Å². The molecule has 0 aliphatic heterocycles. The lowest BCUT2D eigenvalue weighted by atomic mass is 10.1. The molecule has 2 aromatic carbocycles. The van der Waals surface area contributed by atoms with Gasteiger partial charge in [-0.2, -0.15) is 5.26 Å². The molecular formula is C23H22N4O2. The predicted molar refractivity (Wildman–Crippen MR) is 113 cm³/mol. The molecule has 6 heteroatoms. The number of para-hydroxylation sites is 2. The Kier molecular flexibility index (Phi) is 5.17. The Morgan fingerprint density at radius 3 is 2.52 bits per heavy atom. The lowest BCUT2D eigenvalue weighted by molar-refractivity contribution is 0.154. The van der Waals surface area contributed by atoms with Crippen molar-refractivity contribution in [2.75, 3.05) is 6.54 Å². The molecule has 6 nitrogen and oxygen atoms in total. The quantitative estimate of drug-likeness (QED) is 0.534. The lowest BCUT2D eigenvalue weighted by Gasteiger charge is -2.15. The average molecular weight is 386 g/mol. The Morgan fingerprint density at radius 2 is 1.79 bits per heavy atom. The van der Waals surface area contributed by atoms with Crippen LogP contribution in [-0.4, -0.2) is 26.7 Å². The second kappa shape index (κ2) is 7.92. The van der Waals surface area contributed by atoms with Crippen LogP contribution in [0.4, 0.5) is 0 Å². The third kappa shape index (κ3) is 3.54. The van der Waals surface area contributed by atoms with E-state index in [1.165, 1.54) is 6.07 Å². The van der Waals surface area contributed by atoms with E-state index in [0.717, 1.165) is 16.6 Å². The minimum Gasteiger partial charge on any atom is -0.390 e. The summed E-state index contributed by atoms with van der Waals surface area (Å²) in [6, 6.07) is 21.2. The summed E-state index contributed by atoms with van der Waals surface area (Å²) < 4.78 is 3.43.